The molecule has 29 heavy (non-hydrogen) atoms. The Morgan fingerprint density at radius 3 is 1.97 bits per heavy atom. The summed E-state index contributed by atoms with van der Waals surface area (Å²) in [5.74, 6) is -1.86. The molecule has 0 saturated carbocycles. The maximum atomic E-state index is 12.8. The Morgan fingerprint density at radius 2 is 1.48 bits per heavy atom. The number of esters is 1. The second kappa shape index (κ2) is 8.04. The molecule has 8 nitrogen and oxygen atoms in total. The SMILES string of the molecule is COc1ccc(OC(=O)[C@H](CCS(C)(=O)=O)N2C(=O)c3ccccc3C2=O)cc1. The minimum absolute atomic E-state index is 0.166. The second-order valence-electron chi connectivity index (χ2n) is 6.56. The van der Waals surface area contributed by atoms with Gasteiger partial charge < -0.3 is 9.47 Å². The minimum atomic E-state index is -3.44. The Labute approximate surface area is 167 Å². The fourth-order valence-electron chi connectivity index (χ4n) is 3.00. The largest absolute Gasteiger partial charge is 0.497 e. The highest BCUT2D eigenvalue weighted by molar-refractivity contribution is 7.90. The Morgan fingerprint density at radius 1 is 0.966 bits per heavy atom. The van der Waals surface area contributed by atoms with E-state index < -0.39 is 33.7 Å². The Bertz CT molecular complexity index is 1030. The fourth-order valence-corrected chi connectivity index (χ4v) is 3.65. The van der Waals surface area contributed by atoms with Gasteiger partial charge in [-0.15, -0.1) is 0 Å². The van der Waals surface area contributed by atoms with E-state index in [-0.39, 0.29) is 29.1 Å². The molecule has 0 spiro atoms. The van der Waals surface area contributed by atoms with Crippen LogP contribution in [0.2, 0.25) is 0 Å². The van der Waals surface area contributed by atoms with Crippen molar-refractivity contribution in [2.24, 2.45) is 0 Å². The van der Waals surface area contributed by atoms with Crippen LogP contribution in [0, 0.1) is 0 Å². The number of carbonyl (C=O) groups is 3. The number of ether oxygens (including phenoxy) is 2. The van der Waals surface area contributed by atoms with Gasteiger partial charge in [0.2, 0.25) is 0 Å². The van der Waals surface area contributed by atoms with Gasteiger partial charge in [-0.3, -0.25) is 14.5 Å². The number of methoxy groups -OCH3 is 1. The maximum Gasteiger partial charge on any atom is 0.334 e. The van der Waals surface area contributed by atoms with Crippen molar-refractivity contribution in [1.82, 2.24) is 4.90 Å². The first-order valence-corrected chi connectivity index (χ1v) is 10.8. The molecule has 152 valence electrons. The zero-order chi connectivity index (χ0) is 21.2. The van der Waals surface area contributed by atoms with Gasteiger partial charge >= 0.3 is 5.97 Å². The number of hydrogen-bond acceptors (Lipinski definition) is 7. The van der Waals surface area contributed by atoms with Gasteiger partial charge in [-0.1, -0.05) is 12.1 Å². The summed E-state index contributed by atoms with van der Waals surface area (Å²) in [7, 11) is -1.95. The molecule has 1 aliphatic heterocycles. The molecule has 2 amide bonds. The molecule has 0 N–H and O–H groups in total. The van der Waals surface area contributed by atoms with Crippen LogP contribution >= 0.6 is 0 Å². The molecule has 3 rings (SSSR count). The second-order valence-corrected chi connectivity index (χ2v) is 8.82. The van der Waals surface area contributed by atoms with Crippen molar-refractivity contribution in [3.8, 4) is 11.5 Å². The van der Waals surface area contributed by atoms with Crippen LogP contribution < -0.4 is 9.47 Å². The van der Waals surface area contributed by atoms with Crippen LogP contribution in [-0.2, 0) is 14.6 Å². The lowest BCUT2D eigenvalue weighted by atomic mass is 10.1. The van der Waals surface area contributed by atoms with E-state index in [0.29, 0.717) is 5.75 Å². The predicted octanol–water partition coefficient (Wildman–Crippen LogP) is 1.70. The number of nitrogens with zero attached hydrogens (tertiary/aromatic N) is 1. The van der Waals surface area contributed by atoms with E-state index in [1.165, 1.54) is 31.4 Å². The van der Waals surface area contributed by atoms with Crippen LogP contribution in [0.5, 0.6) is 11.5 Å². The molecule has 1 atom stereocenters. The molecular formula is C20H19NO7S. The van der Waals surface area contributed by atoms with Crippen molar-refractivity contribution in [2.45, 2.75) is 12.5 Å². The Kier molecular flexibility index (Phi) is 5.69. The molecule has 0 fully saturated rings. The summed E-state index contributed by atoms with van der Waals surface area (Å²) in [6.45, 7) is 0. The van der Waals surface area contributed by atoms with E-state index in [1.54, 1.807) is 24.3 Å². The molecule has 0 aliphatic carbocycles. The molecule has 2 aromatic carbocycles. The van der Waals surface area contributed by atoms with Crippen LogP contribution in [0.3, 0.4) is 0 Å². The molecular weight excluding hydrogens is 398 g/mol. The Balaban J connectivity index is 1.89. The van der Waals surface area contributed by atoms with Crippen molar-refractivity contribution in [3.63, 3.8) is 0 Å². The van der Waals surface area contributed by atoms with Crippen molar-refractivity contribution < 1.29 is 32.3 Å². The van der Waals surface area contributed by atoms with E-state index in [2.05, 4.69) is 0 Å². The first kappa shape index (κ1) is 20.5. The third-order valence-corrected chi connectivity index (χ3v) is 5.43. The molecule has 0 saturated heterocycles. The van der Waals surface area contributed by atoms with Gasteiger partial charge in [-0.25, -0.2) is 13.2 Å². The number of carbonyl (C=O) groups excluding carboxylic acids is 3. The number of fused-ring (bicyclic) bond motifs is 1. The number of imide groups is 1. The summed E-state index contributed by atoms with van der Waals surface area (Å²) in [6, 6.07) is 10.9. The Hall–Kier alpha value is -3.20. The maximum absolute atomic E-state index is 12.8. The van der Waals surface area contributed by atoms with E-state index in [4.69, 9.17) is 9.47 Å². The average Bonchev–Trinajstić information content (AvgIpc) is 2.93. The smallest absolute Gasteiger partial charge is 0.334 e. The lowest BCUT2D eigenvalue weighted by molar-refractivity contribution is -0.138. The fraction of sp³-hybridized carbons (Fsp3) is 0.250. The molecule has 1 aliphatic rings. The summed E-state index contributed by atoms with van der Waals surface area (Å²) in [5.41, 5.74) is 0.332. The van der Waals surface area contributed by atoms with E-state index in [1.807, 2.05) is 0 Å². The van der Waals surface area contributed by atoms with Crippen LogP contribution in [0.25, 0.3) is 0 Å². The molecule has 0 aromatic heterocycles. The zero-order valence-corrected chi connectivity index (χ0v) is 16.6. The number of benzene rings is 2. The lowest BCUT2D eigenvalue weighted by Crippen LogP contribution is -2.47. The number of rotatable bonds is 7. The molecule has 1 heterocycles. The van der Waals surface area contributed by atoms with E-state index in [0.717, 1.165) is 11.2 Å². The zero-order valence-electron chi connectivity index (χ0n) is 15.8. The molecule has 2 aromatic rings. The quantitative estimate of drug-likeness (QED) is 0.383. The molecule has 0 bridgehead atoms. The number of hydrogen-bond donors (Lipinski definition) is 0. The standard InChI is InChI=1S/C20H19NO7S/c1-27-13-7-9-14(10-8-13)28-20(24)17(11-12-29(2,25)26)21-18(22)15-5-3-4-6-16(15)19(21)23/h3-10,17H,11-12H2,1-2H3/t17-/m0/s1. The van der Waals surface area contributed by atoms with Gasteiger partial charge in [0.15, 0.2) is 0 Å². The summed E-state index contributed by atoms with van der Waals surface area (Å²) < 4.78 is 33.6. The van der Waals surface area contributed by atoms with Crippen molar-refractivity contribution in [1.29, 1.82) is 0 Å². The van der Waals surface area contributed by atoms with Crippen molar-refractivity contribution in [2.75, 3.05) is 19.1 Å². The van der Waals surface area contributed by atoms with Gasteiger partial charge in [-0.2, -0.15) is 0 Å². The van der Waals surface area contributed by atoms with Gasteiger partial charge in [0, 0.05) is 6.26 Å². The number of sulfone groups is 1. The van der Waals surface area contributed by atoms with Crippen molar-refractivity contribution >= 4 is 27.6 Å². The summed E-state index contributed by atoms with van der Waals surface area (Å²) in [4.78, 5) is 39.1. The normalized spacial score (nSPS) is 14.5. The van der Waals surface area contributed by atoms with E-state index >= 15 is 0 Å². The summed E-state index contributed by atoms with van der Waals surface area (Å²) >= 11 is 0. The first-order valence-electron chi connectivity index (χ1n) is 8.71. The third-order valence-electron chi connectivity index (χ3n) is 4.45. The number of amides is 2. The van der Waals surface area contributed by atoms with E-state index in [9.17, 15) is 22.8 Å². The van der Waals surface area contributed by atoms with Crippen LogP contribution in [0.15, 0.2) is 48.5 Å². The molecule has 0 radical (unpaired) electrons. The lowest BCUT2D eigenvalue weighted by Gasteiger charge is -2.24. The third kappa shape index (κ3) is 4.45. The predicted molar refractivity (Wildman–Crippen MR) is 104 cm³/mol. The van der Waals surface area contributed by atoms with Crippen LogP contribution in [0.4, 0.5) is 0 Å². The highest BCUT2D eigenvalue weighted by Crippen LogP contribution is 2.27. The van der Waals surface area contributed by atoms with Crippen LogP contribution in [0.1, 0.15) is 27.1 Å². The monoisotopic (exact) mass is 417 g/mol. The molecule has 0 unspecified atom stereocenters. The van der Waals surface area contributed by atoms with Gasteiger partial charge in [0.05, 0.1) is 24.0 Å². The van der Waals surface area contributed by atoms with Crippen molar-refractivity contribution in [3.05, 3.63) is 59.7 Å². The summed E-state index contributed by atoms with van der Waals surface area (Å²) in [5, 5.41) is 0. The van der Waals surface area contributed by atoms with Gasteiger partial charge in [0.25, 0.3) is 11.8 Å². The average molecular weight is 417 g/mol. The van der Waals surface area contributed by atoms with Gasteiger partial charge in [0.1, 0.15) is 27.4 Å². The molecule has 9 heteroatoms. The van der Waals surface area contributed by atoms with Gasteiger partial charge in [-0.05, 0) is 42.8 Å². The first-order chi connectivity index (χ1) is 13.7. The van der Waals surface area contributed by atoms with Crippen LogP contribution in [-0.4, -0.2) is 56.3 Å². The summed E-state index contributed by atoms with van der Waals surface area (Å²) in [6.07, 6.45) is 0.751. The highest BCUT2D eigenvalue weighted by Gasteiger charge is 2.43. The highest BCUT2D eigenvalue weighted by atomic mass is 32.2. The topological polar surface area (TPSA) is 107 Å². The minimum Gasteiger partial charge on any atom is -0.497 e.